The number of nitrogens with one attached hydrogen (secondary N) is 1. The number of benzene rings is 1. The molecule has 1 rings (SSSR count). The predicted octanol–water partition coefficient (Wildman–Crippen LogP) is 1.28. The Kier molecular flexibility index (Phi) is 8.26. The van der Waals surface area contributed by atoms with Gasteiger partial charge in [0.05, 0.1) is 6.54 Å². The van der Waals surface area contributed by atoms with Crippen molar-refractivity contribution in [3.05, 3.63) is 35.6 Å². The smallest absolute Gasteiger partial charge is 0.239 e. The maximum Gasteiger partial charge on any atom is 0.239 e. The third kappa shape index (κ3) is 7.74. The molecule has 1 aromatic rings. The Morgan fingerprint density at radius 2 is 1.87 bits per heavy atom. The summed E-state index contributed by atoms with van der Waals surface area (Å²) < 4.78 is 13.6. The number of rotatable bonds is 9. The molecule has 0 saturated carbocycles. The Hall–Kier alpha value is -1.95. The first kappa shape index (κ1) is 19.1. The van der Waals surface area contributed by atoms with E-state index >= 15 is 0 Å². The van der Waals surface area contributed by atoms with Gasteiger partial charge in [0.15, 0.2) is 0 Å². The molecule has 1 aromatic carbocycles. The van der Waals surface area contributed by atoms with Gasteiger partial charge >= 0.3 is 0 Å². The molecule has 2 amide bonds. The van der Waals surface area contributed by atoms with Crippen molar-refractivity contribution in [2.75, 3.05) is 40.3 Å². The van der Waals surface area contributed by atoms with Crippen molar-refractivity contribution in [1.82, 2.24) is 15.1 Å². The van der Waals surface area contributed by atoms with E-state index in [0.717, 1.165) is 13.0 Å². The van der Waals surface area contributed by atoms with Gasteiger partial charge in [0.25, 0.3) is 0 Å². The highest BCUT2D eigenvalue weighted by Crippen LogP contribution is 2.08. The second kappa shape index (κ2) is 9.94. The highest BCUT2D eigenvalue weighted by Gasteiger charge is 2.14. The molecule has 0 radical (unpaired) electrons. The van der Waals surface area contributed by atoms with E-state index < -0.39 is 0 Å². The van der Waals surface area contributed by atoms with Crippen LogP contribution in [-0.4, -0.2) is 61.9 Å². The largest absolute Gasteiger partial charge is 0.355 e. The summed E-state index contributed by atoms with van der Waals surface area (Å²) in [6, 6.07) is 6.47. The van der Waals surface area contributed by atoms with Gasteiger partial charge in [-0.15, -0.1) is 0 Å². The molecule has 0 atom stereocenters. The van der Waals surface area contributed by atoms with Crippen molar-refractivity contribution < 1.29 is 14.0 Å². The zero-order valence-corrected chi connectivity index (χ0v) is 14.1. The van der Waals surface area contributed by atoms with Crippen molar-refractivity contribution in [1.29, 1.82) is 0 Å². The van der Waals surface area contributed by atoms with Gasteiger partial charge in [-0.25, -0.2) is 4.39 Å². The summed E-state index contributed by atoms with van der Waals surface area (Å²) in [4.78, 5) is 27.0. The van der Waals surface area contributed by atoms with Crippen molar-refractivity contribution in [3.8, 4) is 0 Å². The lowest BCUT2D eigenvalue weighted by molar-refractivity contribution is -0.134. The minimum atomic E-state index is -0.288. The topological polar surface area (TPSA) is 52.7 Å². The van der Waals surface area contributed by atoms with E-state index in [1.54, 1.807) is 18.2 Å². The molecule has 0 aromatic heterocycles. The third-order valence-corrected chi connectivity index (χ3v) is 3.49. The van der Waals surface area contributed by atoms with Crippen LogP contribution >= 0.6 is 0 Å². The molecular weight excluding hydrogens is 297 g/mol. The molecule has 0 bridgehead atoms. The van der Waals surface area contributed by atoms with Crippen LogP contribution in [-0.2, 0) is 16.0 Å². The SMILES string of the molecule is CC(=O)N(CCc1ccccc1F)CC(=O)NCCCN(C)C. The summed E-state index contributed by atoms with van der Waals surface area (Å²) in [6.45, 7) is 3.22. The first-order valence-corrected chi connectivity index (χ1v) is 7.80. The number of halogens is 1. The maximum atomic E-state index is 13.6. The van der Waals surface area contributed by atoms with Gasteiger partial charge in [-0.05, 0) is 45.1 Å². The monoisotopic (exact) mass is 323 g/mol. The fourth-order valence-electron chi connectivity index (χ4n) is 2.16. The summed E-state index contributed by atoms with van der Waals surface area (Å²) in [5.74, 6) is -0.665. The normalized spacial score (nSPS) is 10.7. The summed E-state index contributed by atoms with van der Waals surface area (Å²) in [5, 5.41) is 2.80. The van der Waals surface area contributed by atoms with Crippen LogP contribution in [0.25, 0.3) is 0 Å². The lowest BCUT2D eigenvalue weighted by atomic mass is 10.1. The lowest BCUT2D eigenvalue weighted by Gasteiger charge is -2.21. The summed E-state index contributed by atoms with van der Waals surface area (Å²) in [5.41, 5.74) is 0.546. The Morgan fingerprint density at radius 1 is 1.17 bits per heavy atom. The minimum absolute atomic E-state index is 0.00570. The number of hydrogen-bond acceptors (Lipinski definition) is 3. The van der Waals surface area contributed by atoms with Crippen molar-refractivity contribution in [2.45, 2.75) is 19.8 Å². The van der Waals surface area contributed by atoms with E-state index in [1.807, 2.05) is 19.0 Å². The predicted molar refractivity (Wildman–Crippen MR) is 88.5 cm³/mol. The molecule has 0 saturated heterocycles. The maximum absolute atomic E-state index is 13.6. The van der Waals surface area contributed by atoms with E-state index in [1.165, 1.54) is 17.9 Å². The van der Waals surface area contributed by atoms with E-state index in [9.17, 15) is 14.0 Å². The standard InChI is InChI=1S/C17H26FN3O2/c1-14(22)21(12-9-15-7-4-5-8-16(15)18)13-17(23)19-10-6-11-20(2)3/h4-5,7-8H,6,9-13H2,1-3H3,(H,19,23). The molecule has 1 N–H and O–H groups in total. The van der Waals surface area contributed by atoms with Gasteiger partial charge < -0.3 is 15.1 Å². The fraction of sp³-hybridized carbons (Fsp3) is 0.529. The molecule has 0 aliphatic rings. The molecule has 128 valence electrons. The summed E-state index contributed by atoms with van der Waals surface area (Å²) >= 11 is 0. The fourth-order valence-corrected chi connectivity index (χ4v) is 2.16. The van der Waals surface area contributed by atoms with Crippen LogP contribution in [0.1, 0.15) is 18.9 Å². The lowest BCUT2D eigenvalue weighted by Crippen LogP contribution is -2.41. The molecule has 0 fully saturated rings. The van der Waals surface area contributed by atoms with E-state index in [2.05, 4.69) is 5.32 Å². The third-order valence-electron chi connectivity index (χ3n) is 3.49. The van der Waals surface area contributed by atoms with Crippen LogP contribution in [0, 0.1) is 5.82 Å². The molecular formula is C17H26FN3O2. The first-order valence-electron chi connectivity index (χ1n) is 7.80. The molecule has 23 heavy (non-hydrogen) atoms. The summed E-state index contributed by atoms with van der Waals surface area (Å²) in [6.07, 6.45) is 1.24. The second-order valence-electron chi connectivity index (χ2n) is 5.79. The van der Waals surface area contributed by atoms with E-state index in [-0.39, 0.29) is 24.2 Å². The van der Waals surface area contributed by atoms with E-state index in [4.69, 9.17) is 0 Å². The Labute approximate surface area is 137 Å². The number of carbonyl (C=O) groups excluding carboxylic acids is 2. The van der Waals surface area contributed by atoms with Crippen LogP contribution < -0.4 is 5.32 Å². The molecule has 0 aliphatic carbocycles. The molecule has 6 heteroatoms. The van der Waals surface area contributed by atoms with Crippen LogP contribution in [0.4, 0.5) is 4.39 Å². The number of amides is 2. The van der Waals surface area contributed by atoms with Crippen LogP contribution in [0.5, 0.6) is 0 Å². The zero-order valence-electron chi connectivity index (χ0n) is 14.1. The zero-order chi connectivity index (χ0) is 17.2. The molecule has 0 aliphatic heterocycles. The summed E-state index contributed by atoms with van der Waals surface area (Å²) in [7, 11) is 3.95. The molecule has 5 nitrogen and oxygen atoms in total. The first-order chi connectivity index (χ1) is 10.9. The van der Waals surface area contributed by atoms with Gasteiger partial charge in [0, 0.05) is 20.0 Å². The Balaban J connectivity index is 2.41. The van der Waals surface area contributed by atoms with Crippen molar-refractivity contribution in [3.63, 3.8) is 0 Å². The number of hydrogen-bond donors (Lipinski definition) is 1. The average Bonchev–Trinajstić information content (AvgIpc) is 2.49. The van der Waals surface area contributed by atoms with Crippen LogP contribution in [0.2, 0.25) is 0 Å². The number of carbonyl (C=O) groups is 2. The van der Waals surface area contributed by atoms with Crippen LogP contribution in [0.15, 0.2) is 24.3 Å². The van der Waals surface area contributed by atoms with Crippen molar-refractivity contribution >= 4 is 11.8 Å². The highest BCUT2D eigenvalue weighted by molar-refractivity contribution is 5.83. The van der Waals surface area contributed by atoms with Crippen molar-refractivity contribution in [2.24, 2.45) is 0 Å². The number of nitrogens with zero attached hydrogens (tertiary/aromatic N) is 2. The molecule has 0 spiro atoms. The Morgan fingerprint density at radius 3 is 2.48 bits per heavy atom. The highest BCUT2D eigenvalue weighted by atomic mass is 19.1. The van der Waals surface area contributed by atoms with Gasteiger partial charge in [-0.1, -0.05) is 18.2 Å². The van der Waals surface area contributed by atoms with Gasteiger partial charge in [0.2, 0.25) is 11.8 Å². The minimum Gasteiger partial charge on any atom is -0.355 e. The van der Waals surface area contributed by atoms with Gasteiger partial charge in [-0.2, -0.15) is 0 Å². The quantitative estimate of drug-likeness (QED) is 0.697. The Bertz CT molecular complexity index is 520. The van der Waals surface area contributed by atoms with Gasteiger partial charge in [0.1, 0.15) is 5.82 Å². The second-order valence-corrected chi connectivity index (χ2v) is 5.79. The van der Waals surface area contributed by atoms with E-state index in [0.29, 0.717) is 25.1 Å². The molecule has 0 heterocycles. The van der Waals surface area contributed by atoms with Gasteiger partial charge in [-0.3, -0.25) is 9.59 Å². The van der Waals surface area contributed by atoms with Crippen LogP contribution in [0.3, 0.4) is 0 Å². The average molecular weight is 323 g/mol. The molecule has 0 unspecified atom stereocenters.